The van der Waals surface area contributed by atoms with Crippen molar-refractivity contribution < 1.29 is 9.59 Å². The minimum Gasteiger partial charge on any atom is -0.337 e. The molecule has 1 unspecified atom stereocenters. The lowest BCUT2D eigenvalue weighted by Gasteiger charge is -2.30. The predicted molar refractivity (Wildman–Crippen MR) is 73.9 cm³/mol. The maximum atomic E-state index is 12.3. The van der Waals surface area contributed by atoms with E-state index in [1.807, 2.05) is 0 Å². The number of nitrogens with one attached hydrogen (secondary N) is 1. The Balaban J connectivity index is 2.04. The Bertz CT molecular complexity index is 470. The first-order chi connectivity index (χ1) is 9.06. The highest BCUT2D eigenvalue weighted by atomic mass is 16.2. The van der Waals surface area contributed by atoms with E-state index in [2.05, 4.69) is 5.32 Å². The molecule has 1 aliphatic heterocycles. The first-order valence-corrected chi connectivity index (χ1v) is 6.49. The fourth-order valence-corrected chi connectivity index (χ4v) is 2.28. The van der Waals surface area contributed by atoms with Crippen LogP contribution in [0, 0.1) is 0 Å². The standard InChI is InChI=1S/C14H19N3O2/c1-10(18)16-13-6-4-11(5-7-13)14(19)17-8-2-3-12(15)9-17/h4-7,12H,2-3,8-9,15H2,1H3,(H,16,18). The van der Waals surface area contributed by atoms with E-state index in [9.17, 15) is 9.59 Å². The molecular formula is C14H19N3O2. The molecule has 0 spiro atoms. The number of amides is 2. The zero-order valence-electron chi connectivity index (χ0n) is 11.1. The molecule has 5 heteroatoms. The molecule has 1 saturated heterocycles. The SMILES string of the molecule is CC(=O)Nc1ccc(C(=O)N2CCCC(N)C2)cc1. The van der Waals surface area contributed by atoms with Crippen molar-refractivity contribution in [1.82, 2.24) is 4.90 Å². The molecule has 1 fully saturated rings. The number of hydrogen-bond acceptors (Lipinski definition) is 3. The number of carbonyl (C=O) groups is 2. The molecule has 3 N–H and O–H groups in total. The molecule has 1 aromatic carbocycles. The van der Waals surface area contributed by atoms with Crippen molar-refractivity contribution in [3.05, 3.63) is 29.8 Å². The Labute approximate surface area is 112 Å². The zero-order valence-corrected chi connectivity index (χ0v) is 11.1. The van der Waals surface area contributed by atoms with Crippen LogP contribution in [-0.2, 0) is 4.79 Å². The highest BCUT2D eigenvalue weighted by molar-refractivity contribution is 5.95. The number of benzene rings is 1. The molecule has 0 saturated carbocycles. The number of piperidine rings is 1. The number of rotatable bonds is 2. The van der Waals surface area contributed by atoms with E-state index < -0.39 is 0 Å². The van der Waals surface area contributed by atoms with Gasteiger partial charge >= 0.3 is 0 Å². The highest BCUT2D eigenvalue weighted by Gasteiger charge is 2.22. The number of nitrogens with two attached hydrogens (primary N) is 1. The third-order valence-electron chi connectivity index (χ3n) is 3.20. The first kappa shape index (κ1) is 13.5. The molecule has 1 aromatic rings. The van der Waals surface area contributed by atoms with E-state index in [1.54, 1.807) is 29.2 Å². The van der Waals surface area contributed by atoms with Gasteiger partial charge < -0.3 is 16.0 Å². The van der Waals surface area contributed by atoms with Gasteiger partial charge in [-0.15, -0.1) is 0 Å². The van der Waals surface area contributed by atoms with Gasteiger partial charge in [-0.2, -0.15) is 0 Å². The fourth-order valence-electron chi connectivity index (χ4n) is 2.28. The molecule has 5 nitrogen and oxygen atoms in total. The van der Waals surface area contributed by atoms with Crippen LogP contribution in [0.15, 0.2) is 24.3 Å². The monoisotopic (exact) mass is 261 g/mol. The van der Waals surface area contributed by atoms with Crippen molar-refractivity contribution in [1.29, 1.82) is 0 Å². The third kappa shape index (κ3) is 3.54. The van der Waals surface area contributed by atoms with Gasteiger partial charge in [-0.05, 0) is 37.1 Å². The van der Waals surface area contributed by atoms with E-state index in [0.717, 1.165) is 19.4 Å². The van der Waals surface area contributed by atoms with Crippen LogP contribution in [0.2, 0.25) is 0 Å². The topological polar surface area (TPSA) is 75.4 Å². The van der Waals surface area contributed by atoms with E-state index in [1.165, 1.54) is 6.92 Å². The maximum Gasteiger partial charge on any atom is 0.253 e. The van der Waals surface area contributed by atoms with Crippen LogP contribution >= 0.6 is 0 Å². The maximum absolute atomic E-state index is 12.3. The molecule has 1 aliphatic rings. The summed E-state index contributed by atoms with van der Waals surface area (Å²) >= 11 is 0. The second-order valence-electron chi connectivity index (χ2n) is 4.91. The zero-order chi connectivity index (χ0) is 13.8. The van der Waals surface area contributed by atoms with Crippen LogP contribution in [0.5, 0.6) is 0 Å². The van der Waals surface area contributed by atoms with E-state index >= 15 is 0 Å². The molecule has 0 radical (unpaired) electrons. The molecular weight excluding hydrogens is 242 g/mol. The van der Waals surface area contributed by atoms with Crippen molar-refractivity contribution in [2.24, 2.45) is 5.73 Å². The number of carbonyl (C=O) groups excluding carboxylic acids is 2. The smallest absolute Gasteiger partial charge is 0.253 e. The van der Waals surface area contributed by atoms with Gasteiger partial charge in [0.1, 0.15) is 0 Å². The molecule has 2 rings (SSSR count). The largest absolute Gasteiger partial charge is 0.337 e. The van der Waals surface area contributed by atoms with E-state index in [-0.39, 0.29) is 17.9 Å². The molecule has 0 aliphatic carbocycles. The normalized spacial score (nSPS) is 19.1. The summed E-state index contributed by atoms with van der Waals surface area (Å²) in [6.07, 6.45) is 1.93. The summed E-state index contributed by atoms with van der Waals surface area (Å²) in [4.78, 5) is 25.0. The number of likely N-dealkylation sites (tertiary alicyclic amines) is 1. The second-order valence-corrected chi connectivity index (χ2v) is 4.91. The van der Waals surface area contributed by atoms with Gasteiger partial charge in [0.2, 0.25) is 5.91 Å². The molecule has 1 atom stereocenters. The first-order valence-electron chi connectivity index (χ1n) is 6.49. The van der Waals surface area contributed by atoms with Gasteiger partial charge in [0.05, 0.1) is 0 Å². The lowest BCUT2D eigenvalue weighted by molar-refractivity contribution is -0.114. The number of nitrogens with zero attached hydrogens (tertiary/aromatic N) is 1. The summed E-state index contributed by atoms with van der Waals surface area (Å²) in [5.41, 5.74) is 7.20. The van der Waals surface area contributed by atoms with Crippen LogP contribution < -0.4 is 11.1 Å². The molecule has 0 aromatic heterocycles. The molecule has 102 valence electrons. The predicted octanol–water partition coefficient (Wildman–Crippen LogP) is 1.21. The molecule has 1 heterocycles. The minimum atomic E-state index is -0.124. The summed E-state index contributed by atoms with van der Waals surface area (Å²) in [5.74, 6) is -0.120. The summed E-state index contributed by atoms with van der Waals surface area (Å²) < 4.78 is 0. The molecule has 2 amide bonds. The van der Waals surface area contributed by atoms with Crippen LogP contribution in [-0.4, -0.2) is 35.8 Å². The highest BCUT2D eigenvalue weighted by Crippen LogP contribution is 2.15. The summed E-state index contributed by atoms with van der Waals surface area (Å²) in [6, 6.07) is 7.01. The Morgan fingerprint density at radius 1 is 1.32 bits per heavy atom. The Kier molecular flexibility index (Phi) is 4.16. The average molecular weight is 261 g/mol. The van der Waals surface area contributed by atoms with Crippen molar-refractivity contribution in [3.8, 4) is 0 Å². The third-order valence-corrected chi connectivity index (χ3v) is 3.20. The number of hydrogen-bond donors (Lipinski definition) is 2. The summed E-state index contributed by atoms with van der Waals surface area (Å²) in [7, 11) is 0. The van der Waals surface area contributed by atoms with Gasteiger partial charge in [-0.3, -0.25) is 9.59 Å². The second kappa shape index (κ2) is 5.84. The van der Waals surface area contributed by atoms with Crippen molar-refractivity contribution >= 4 is 17.5 Å². The van der Waals surface area contributed by atoms with Gasteiger partial charge in [-0.1, -0.05) is 0 Å². The molecule has 0 bridgehead atoms. The van der Waals surface area contributed by atoms with Crippen LogP contribution in [0.4, 0.5) is 5.69 Å². The van der Waals surface area contributed by atoms with Gasteiger partial charge in [0, 0.05) is 37.3 Å². The van der Waals surface area contributed by atoms with Crippen LogP contribution in [0.3, 0.4) is 0 Å². The van der Waals surface area contributed by atoms with Crippen molar-refractivity contribution in [2.45, 2.75) is 25.8 Å². The fraction of sp³-hybridized carbons (Fsp3) is 0.429. The van der Waals surface area contributed by atoms with Crippen molar-refractivity contribution in [2.75, 3.05) is 18.4 Å². The quantitative estimate of drug-likeness (QED) is 0.840. The molecule has 19 heavy (non-hydrogen) atoms. The Hall–Kier alpha value is -1.88. The van der Waals surface area contributed by atoms with Crippen LogP contribution in [0.25, 0.3) is 0 Å². The van der Waals surface area contributed by atoms with Crippen LogP contribution in [0.1, 0.15) is 30.1 Å². The van der Waals surface area contributed by atoms with Gasteiger partial charge in [0.15, 0.2) is 0 Å². The van der Waals surface area contributed by atoms with Crippen molar-refractivity contribution in [3.63, 3.8) is 0 Å². The van der Waals surface area contributed by atoms with E-state index in [4.69, 9.17) is 5.73 Å². The van der Waals surface area contributed by atoms with E-state index in [0.29, 0.717) is 17.8 Å². The Morgan fingerprint density at radius 2 is 2.00 bits per heavy atom. The number of anilines is 1. The van der Waals surface area contributed by atoms with Gasteiger partial charge in [-0.25, -0.2) is 0 Å². The lowest BCUT2D eigenvalue weighted by Crippen LogP contribution is -2.45. The minimum absolute atomic E-state index is 0.00419. The Morgan fingerprint density at radius 3 is 2.58 bits per heavy atom. The summed E-state index contributed by atoms with van der Waals surface area (Å²) in [6.45, 7) is 2.83. The lowest BCUT2D eigenvalue weighted by atomic mass is 10.1. The summed E-state index contributed by atoms with van der Waals surface area (Å²) in [5, 5.41) is 2.67. The average Bonchev–Trinajstić information content (AvgIpc) is 2.38. The van der Waals surface area contributed by atoms with Gasteiger partial charge in [0.25, 0.3) is 5.91 Å².